The lowest BCUT2D eigenvalue weighted by atomic mass is 10.1. The van der Waals surface area contributed by atoms with Gasteiger partial charge in [-0.2, -0.15) is 0 Å². The molecule has 3 rings (SSSR count). The number of hydrogen-bond donors (Lipinski definition) is 1. The quantitative estimate of drug-likeness (QED) is 0.898. The molecule has 2 heterocycles. The van der Waals surface area contributed by atoms with Crippen molar-refractivity contribution in [3.63, 3.8) is 0 Å². The third-order valence-corrected chi connectivity index (χ3v) is 5.64. The summed E-state index contributed by atoms with van der Waals surface area (Å²) in [6, 6.07) is 5.08. The van der Waals surface area contributed by atoms with Crippen molar-refractivity contribution in [3.05, 3.63) is 29.3 Å². The number of nitrogens with one attached hydrogen (secondary N) is 1. The molecular formula is C16H22N2O4S. The van der Waals surface area contributed by atoms with Gasteiger partial charge in [0.15, 0.2) is 0 Å². The zero-order valence-electron chi connectivity index (χ0n) is 13.4. The van der Waals surface area contributed by atoms with E-state index < -0.39 is 10.0 Å². The first kappa shape index (κ1) is 16.3. The van der Waals surface area contributed by atoms with Crippen LogP contribution in [0.1, 0.15) is 35.7 Å². The van der Waals surface area contributed by atoms with Crippen molar-refractivity contribution in [1.82, 2.24) is 5.32 Å². The van der Waals surface area contributed by atoms with Crippen molar-refractivity contribution in [2.45, 2.75) is 38.3 Å². The summed E-state index contributed by atoms with van der Waals surface area (Å²) < 4.78 is 30.7. The normalized spacial score (nSPS) is 23.8. The highest BCUT2D eigenvalue weighted by atomic mass is 32.2. The average Bonchev–Trinajstić information content (AvgIpc) is 3.09. The summed E-state index contributed by atoms with van der Waals surface area (Å²) in [6.45, 7) is 3.15. The molecule has 0 saturated carbocycles. The van der Waals surface area contributed by atoms with E-state index >= 15 is 0 Å². The average molecular weight is 338 g/mol. The molecule has 1 fully saturated rings. The largest absolute Gasteiger partial charge is 0.376 e. The Morgan fingerprint density at radius 3 is 2.87 bits per heavy atom. The van der Waals surface area contributed by atoms with Gasteiger partial charge in [0.2, 0.25) is 10.0 Å². The Morgan fingerprint density at radius 2 is 2.22 bits per heavy atom. The maximum Gasteiger partial charge on any atom is 0.251 e. The number of fused-ring (bicyclic) bond motifs is 1. The molecule has 1 saturated heterocycles. The van der Waals surface area contributed by atoms with Crippen molar-refractivity contribution in [2.24, 2.45) is 0 Å². The highest BCUT2D eigenvalue weighted by Gasteiger charge is 2.32. The molecule has 6 nitrogen and oxygen atoms in total. The number of benzene rings is 1. The fourth-order valence-electron chi connectivity index (χ4n) is 3.36. The SMILES string of the molecule is C[C@H]1Cc2cc(C(=O)NC[C@@H]3CCCO3)ccc2N1S(C)(=O)=O. The van der Waals surface area contributed by atoms with Crippen LogP contribution in [-0.4, -0.2) is 45.9 Å². The summed E-state index contributed by atoms with van der Waals surface area (Å²) >= 11 is 0. The van der Waals surface area contributed by atoms with Gasteiger partial charge in [-0.1, -0.05) is 0 Å². The summed E-state index contributed by atoms with van der Waals surface area (Å²) in [6.07, 6.45) is 3.95. The van der Waals surface area contributed by atoms with Crippen LogP contribution in [0.3, 0.4) is 0 Å². The summed E-state index contributed by atoms with van der Waals surface area (Å²) in [5.74, 6) is -0.145. The lowest BCUT2D eigenvalue weighted by molar-refractivity contribution is 0.0857. The number of hydrogen-bond acceptors (Lipinski definition) is 4. The molecule has 2 aliphatic rings. The molecule has 0 bridgehead atoms. The van der Waals surface area contributed by atoms with Crippen LogP contribution in [0.5, 0.6) is 0 Å². The third-order valence-electron chi connectivity index (χ3n) is 4.37. The van der Waals surface area contributed by atoms with Gasteiger partial charge in [0.25, 0.3) is 5.91 Å². The maximum atomic E-state index is 12.3. The fraction of sp³-hybridized carbons (Fsp3) is 0.562. The molecule has 2 atom stereocenters. The monoisotopic (exact) mass is 338 g/mol. The third kappa shape index (κ3) is 3.35. The van der Waals surface area contributed by atoms with Gasteiger partial charge in [-0.25, -0.2) is 8.42 Å². The molecule has 0 radical (unpaired) electrons. The van der Waals surface area contributed by atoms with Crippen molar-refractivity contribution in [3.8, 4) is 0 Å². The van der Waals surface area contributed by atoms with Crippen LogP contribution in [0, 0.1) is 0 Å². The van der Waals surface area contributed by atoms with E-state index in [1.165, 1.54) is 10.6 Å². The molecule has 2 aliphatic heterocycles. The minimum Gasteiger partial charge on any atom is -0.376 e. The highest BCUT2D eigenvalue weighted by molar-refractivity contribution is 7.92. The topological polar surface area (TPSA) is 75.7 Å². The van der Waals surface area contributed by atoms with Crippen LogP contribution >= 0.6 is 0 Å². The van der Waals surface area contributed by atoms with Gasteiger partial charge in [-0.05, 0) is 49.9 Å². The minimum absolute atomic E-state index is 0.106. The number of anilines is 1. The Labute approximate surface area is 136 Å². The molecule has 0 spiro atoms. The van der Waals surface area contributed by atoms with Crippen LogP contribution in [0.4, 0.5) is 5.69 Å². The standard InChI is InChI=1S/C16H22N2O4S/c1-11-8-13-9-12(5-6-15(13)18(11)23(2,20)21)16(19)17-10-14-4-3-7-22-14/h5-6,9,11,14H,3-4,7-8,10H2,1-2H3,(H,17,19)/t11-,14-/m0/s1. The number of amides is 1. The number of ether oxygens (including phenoxy) is 1. The smallest absolute Gasteiger partial charge is 0.251 e. The maximum absolute atomic E-state index is 12.3. The van der Waals surface area contributed by atoms with Crippen LogP contribution in [0.25, 0.3) is 0 Å². The number of nitrogens with zero attached hydrogens (tertiary/aromatic N) is 1. The Hall–Kier alpha value is -1.60. The summed E-state index contributed by atoms with van der Waals surface area (Å²) in [5.41, 5.74) is 2.13. The van der Waals surface area contributed by atoms with Gasteiger partial charge >= 0.3 is 0 Å². The van der Waals surface area contributed by atoms with Crippen LogP contribution in [0.15, 0.2) is 18.2 Å². The molecular weight excluding hydrogens is 316 g/mol. The molecule has 0 aliphatic carbocycles. The van der Waals surface area contributed by atoms with E-state index in [-0.39, 0.29) is 18.1 Å². The minimum atomic E-state index is -3.30. The summed E-state index contributed by atoms with van der Waals surface area (Å²) in [5, 5.41) is 2.89. The second kappa shape index (κ2) is 6.13. The van der Waals surface area contributed by atoms with Crippen molar-refractivity contribution < 1.29 is 17.9 Å². The van der Waals surface area contributed by atoms with Gasteiger partial charge in [-0.15, -0.1) is 0 Å². The molecule has 1 aromatic carbocycles. The number of rotatable bonds is 4. The highest BCUT2D eigenvalue weighted by Crippen LogP contribution is 2.34. The van der Waals surface area contributed by atoms with E-state index in [1.54, 1.807) is 18.2 Å². The van der Waals surface area contributed by atoms with Crippen LogP contribution < -0.4 is 9.62 Å². The van der Waals surface area contributed by atoms with E-state index in [1.807, 2.05) is 6.92 Å². The molecule has 0 aromatic heterocycles. The summed E-state index contributed by atoms with van der Waals surface area (Å²) in [4.78, 5) is 12.3. The van der Waals surface area contributed by atoms with E-state index in [0.717, 1.165) is 25.0 Å². The molecule has 1 amide bonds. The van der Waals surface area contributed by atoms with Gasteiger partial charge in [0.1, 0.15) is 0 Å². The van der Waals surface area contributed by atoms with E-state index in [2.05, 4.69) is 5.32 Å². The van der Waals surface area contributed by atoms with Gasteiger partial charge in [0, 0.05) is 24.8 Å². The molecule has 23 heavy (non-hydrogen) atoms. The molecule has 7 heteroatoms. The van der Waals surface area contributed by atoms with Crippen molar-refractivity contribution in [2.75, 3.05) is 23.7 Å². The molecule has 1 N–H and O–H groups in total. The lowest BCUT2D eigenvalue weighted by Crippen LogP contribution is -2.34. The molecule has 0 unspecified atom stereocenters. The predicted molar refractivity (Wildman–Crippen MR) is 88.2 cm³/mol. The Morgan fingerprint density at radius 1 is 1.43 bits per heavy atom. The van der Waals surface area contributed by atoms with Crippen LogP contribution in [0.2, 0.25) is 0 Å². The van der Waals surface area contributed by atoms with E-state index in [9.17, 15) is 13.2 Å². The van der Waals surface area contributed by atoms with Gasteiger partial charge in [0.05, 0.1) is 18.0 Å². The molecule has 1 aromatic rings. The Balaban J connectivity index is 1.74. The Bertz CT molecular complexity index is 711. The predicted octanol–water partition coefficient (Wildman–Crippen LogP) is 1.31. The zero-order chi connectivity index (χ0) is 16.6. The lowest BCUT2D eigenvalue weighted by Gasteiger charge is -2.22. The van der Waals surface area contributed by atoms with E-state index in [4.69, 9.17) is 4.74 Å². The number of carbonyl (C=O) groups excluding carboxylic acids is 1. The molecule has 126 valence electrons. The van der Waals surface area contributed by atoms with Crippen molar-refractivity contribution in [1.29, 1.82) is 0 Å². The number of sulfonamides is 1. The van der Waals surface area contributed by atoms with E-state index in [0.29, 0.717) is 24.2 Å². The number of carbonyl (C=O) groups is 1. The second-order valence-electron chi connectivity index (χ2n) is 6.30. The van der Waals surface area contributed by atoms with Crippen molar-refractivity contribution >= 4 is 21.6 Å². The zero-order valence-corrected chi connectivity index (χ0v) is 14.2. The Kier molecular flexibility index (Phi) is 4.33. The first-order valence-corrected chi connectivity index (χ1v) is 9.73. The van der Waals surface area contributed by atoms with Crippen LogP contribution in [-0.2, 0) is 21.2 Å². The fourth-order valence-corrected chi connectivity index (χ4v) is 4.63. The first-order chi connectivity index (χ1) is 10.9. The summed E-state index contributed by atoms with van der Waals surface area (Å²) in [7, 11) is -3.30. The van der Waals surface area contributed by atoms with Gasteiger partial charge < -0.3 is 10.1 Å². The van der Waals surface area contributed by atoms with Gasteiger partial charge in [-0.3, -0.25) is 9.10 Å². The first-order valence-electron chi connectivity index (χ1n) is 7.88. The second-order valence-corrected chi connectivity index (χ2v) is 8.16.